The topological polar surface area (TPSA) is 47.6 Å². The molecule has 1 atom stereocenters. The van der Waals surface area contributed by atoms with Gasteiger partial charge >= 0.3 is 5.97 Å². The zero-order valence-corrected chi connectivity index (χ0v) is 13.9. The summed E-state index contributed by atoms with van der Waals surface area (Å²) in [6, 6.07) is 7.74. The van der Waals surface area contributed by atoms with E-state index in [1.165, 1.54) is 0 Å². The van der Waals surface area contributed by atoms with Crippen LogP contribution in [0.3, 0.4) is 0 Å². The second-order valence-electron chi connectivity index (χ2n) is 5.84. The zero-order valence-electron chi connectivity index (χ0n) is 13.9. The summed E-state index contributed by atoms with van der Waals surface area (Å²) in [5.74, 6) is 0.528. The van der Waals surface area contributed by atoms with E-state index >= 15 is 0 Å². The normalized spacial score (nSPS) is 14.1. The van der Waals surface area contributed by atoms with Gasteiger partial charge < -0.3 is 9.47 Å². The molecule has 0 amide bonds. The average molecular weight is 293 g/mol. The highest BCUT2D eigenvalue weighted by Crippen LogP contribution is 2.26. The van der Waals surface area contributed by atoms with Crippen LogP contribution in [0.1, 0.15) is 47.1 Å². The Morgan fingerprint density at radius 2 is 1.76 bits per heavy atom. The molecule has 0 saturated heterocycles. The summed E-state index contributed by atoms with van der Waals surface area (Å²) in [6.07, 6.45) is 0.126. The van der Waals surface area contributed by atoms with E-state index in [0.717, 1.165) is 11.3 Å². The Kier molecular flexibility index (Phi) is 6.21. The number of nitrogens with one attached hydrogen (secondary N) is 1. The molecule has 0 spiro atoms. The maximum atomic E-state index is 12.3. The Morgan fingerprint density at radius 3 is 2.19 bits per heavy atom. The third kappa shape index (κ3) is 4.74. The Labute approximate surface area is 127 Å². The Hall–Kier alpha value is -1.55. The number of carbonyl (C=O) groups is 1. The first-order valence-electron chi connectivity index (χ1n) is 7.51. The van der Waals surface area contributed by atoms with Crippen LogP contribution in [0.15, 0.2) is 24.3 Å². The van der Waals surface area contributed by atoms with E-state index in [1.807, 2.05) is 65.8 Å². The fourth-order valence-corrected chi connectivity index (χ4v) is 2.25. The molecule has 1 N–H and O–H groups in total. The summed E-state index contributed by atoms with van der Waals surface area (Å²) in [5, 5.41) is 3.30. The molecular formula is C17H27NO3. The first kappa shape index (κ1) is 17.5. The van der Waals surface area contributed by atoms with Crippen LogP contribution in [0.4, 0.5) is 0 Å². The molecule has 0 heterocycles. The summed E-state index contributed by atoms with van der Waals surface area (Å²) < 4.78 is 10.9. The molecule has 4 nitrogen and oxygen atoms in total. The highest BCUT2D eigenvalue weighted by Gasteiger charge is 2.37. The third-order valence-electron chi connectivity index (χ3n) is 3.06. The molecule has 0 aliphatic carbocycles. The van der Waals surface area contributed by atoms with Crippen molar-refractivity contribution < 1.29 is 14.3 Å². The number of rotatable bonds is 7. The highest BCUT2D eigenvalue weighted by atomic mass is 16.5. The van der Waals surface area contributed by atoms with E-state index in [1.54, 1.807) is 0 Å². The standard InChI is InChI=1S/C17H27NO3/c1-7-20-16(19)17(6,18-12(2)3)14-8-10-15(11-9-14)21-13(4)5/h8-13,18H,7H2,1-6H3. The molecule has 0 aromatic heterocycles. The molecule has 0 radical (unpaired) electrons. The molecule has 4 heteroatoms. The van der Waals surface area contributed by atoms with Gasteiger partial charge in [-0.2, -0.15) is 0 Å². The fraction of sp³-hybridized carbons (Fsp3) is 0.588. The molecule has 0 aliphatic rings. The van der Waals surface area contributed by atoms with Gasteiger partial charge in [-0.25, -0.2) is 4.79 Å². The highest BCUT2D eigenvalue weighted by molar-refractivity contribution is 5.82. The van der Waals surface area contributed by atoms with Gasteiger partial charge in [0.2, 0.25) is 0 Å². The van der Waals surface area contributed by atoms with Crippen molar-refractivity contribution in [1.82, 2.24) is 5.32 Å². The number of hydrogen-bond donors (Lipinski definition) is 1. The van der Waals surface area contributed by atoms with Crippen molar-refractivity contribution in [3.63, 3.8) is 0 Å². The second kappa shape index (κ2) is 7.46. The minimum absolute atomic E-state index is 0.126. The summed E-state index contributed by atoms with van der Waals surface area (Å²) in [5.41, 5.74) is 0.00586. The average Bonchev–Trinajstić information content (AvgIpc) is 2.38. The van der Waals surface area contributed by atoms with Gasteiger partial charge in [-0.05, 0) is 59.2 Å². The first-order valence-corrected chi connectivity index (χ1v) is 7.51. The van der Waals surface area contributed by atoms with E-state index in [-0.39, 0.29) is 18.1 Å². The minimum Gasteiger partial charge on any atom is -0.491 e. The largest absolute Gasteiger partial charge is 0.491 e. The number of esters is 1. The lowest BCUT2D eigenvalue weighted by Gasteiger charge is -2.31. The first-order chi connectivity index (χ1) is 9.79. The molecule has 1 rings (SSSR count). The Balaban J connectivity index is 3.05. The van der Waals surface area contributed by atoms with Crippen LogP contribution in [-0.4, -0.2) is 24.7 Å². The predicted octanol–water partition coefficient (Wildman–Crippen LogP) is 3.25. The fourth-order valence-electron chi connectivity index (χ4n) is 2.25. The van der Waals surface area contributed by atoms with Crippen molar-refractivity contribution in [3.8, 4) is 5.75 Å². The van der Waals surface area contributed by atoms with Crippen LogP contribution < -0.4 is 10.1 Å². The van der Waals surface area contributed by atoms with E-state index in [2.05, 4.69) is 5.32 Å². The maximum Gasteiger partial charge on any atom is 0.330 e. The van der Waals surface area contributed by atoms with Crippen LogP contribution >= 0.6 is 0 Å². The van der Waals surface area contributed by atoms with Crippen molar-refractivity contribution in [3.05, 3.63) is 29.8 Å². The Morgan fingerprint density at radius 1 is 1.19 bits per heavy atom. The molecule has 1 aromatic carbocycles. The molecular weight excluding hydrogens is 266 g/mol. The number of hydrogen-bond acceptors (Lipinski definition) is 4. The molecule has 0 fully saturated rings. The van der Waals surface area contributed by atoms with Crippen LogP contribution in [0, 0.1) is 0 Å². The molecule has 1 aromatic rings. The van der Waals surface area contributed by atoms with Crippen molar-refractivity contribution >= 4 is 5.97 Å². The lowest BCUT2D eigenvalue weighted by molar-refractivity contribution is -0.151. The minimum atomic E-state index is -0.861. The van der Waals surface area contributed by atoms with Crippen LogP contribution in [0.25, 0.3) is 0 Å². The number of ether oxygens (including phenoxy) is 2. The molecule has 21 heavy (non-hydrogen) atoms. The van der Waals surface area contributed by atoms with Gasteiger partial charge in [0.05, 0.1) is 12.7 Å². The quantitative estimate of drug-likeness (QED) is 0.784. The lowest BCUT2D eigenvalue weighted by atomic mass is 9.91. The van der Waals surface area contributed by atoms with Crippen molar-refractivity contribution in [1.29, 1.82) is 0 Å². The molecule has 0 saturated carbocycles. The summed E-state index contributed by atoms with van der Waals surface area (Å²) in [7, 11) is 0. The van der Waals surface area contributed by atoms with Gasteiger partial charge in [0.15, 0.2) is 0 Å². The predicted molar refractivity (Wildman–Crippen MR) is 84.5 cm³/mol. The second-order valence-corrected chi connectivity index (χ2v) is 5.84. The van der Waals surface area contributed by atoms with Gasteiger partial charge in [-0.1, -0.05) is 12.1 Å². The van der Waals surface area contributed by atoms with Crippen LogP contribution in [0.5, 0.6) is 5.75 Å². The molecule has 0 bridgehead atoms. The van der Waals surface area contributed by atoms with Crippen molar-refractivity contribution in [2.75, 3.05) is 6.61 Å². The van der Waals surface area contributed by atoms with Crippen molar-refractivity contribution in [2.24, 2.45) is 0 Å². The van der Waals surface area contributed by atoms with Gasteiger partial charge in [0, 0.05) is 6.04 Å². The van der Waals surface area contributed by atoms with Gasteiger partial charge in [0.25, 0.3) is 0 Å². The number of benzene rings is 1. The van der Waals surface area contributed by atoms with Gasteiger partial charge in [0.1, 0.15) is 11.3 Å². The van der Waals surface area contributed by atoms with Crippen LogP contribution in [-0.2, 0) is 15.1 Å². The summed E-state index contributed by atoms with van der Waals surface area (Å²) in [4.78, 5) is 12.3. The van der Waals surface area contributed by atoms with E-state index in [0.29, 0.717) is 6.61 Å². The van der Waals surface area contributed by atoms with Crippen LogP contribution in [0.2, 0.25) is 0 Å². The monoisotopic (exact) mass is 293 g/mol. The van der Waals surface area contributed by atoms with E-state index < -0.39 is 5.54 Å². The maximum absolute atomic E-state index is 12.3. The smallest absolute Gasteiger partial charge is 0.330 e. The number of carbonyl (C=O) groups excluding carboxylic acids is 1. The molecule has 1 unspecified atom stereocenters. The van der Waals surface area contributed by atoms with Gasteiger partial charge in [-0.15, -0.1) is 0 Å². The van der Waals surface area contributed by atoms with Gasteiger partial charge in [-0.3, -0.25) is 5.32 Å². The Bertz CT molecular complexity index is 454. The van der Waals surface area contributed by atoms with E-state index in [4.69, 9.17) is 9.47 Å². The zero-order chi connectivity index (χ0) is 16.0. The van der Waals surface area contributed by atoms with Crippen molar-refractivity contribution in [2.45, 2.75) is 59.2 Å². The third-order valence-corrected chi connectivity index (χ3v) is 3.06. The van der Waals surface area contributed by atoms with E-state index in [9.17, 15) is 4.79 Å². The molecule has 118 valence electrons. The summed E-state index contributed by atoms with van der Waals surface area (Å²) in [6.45, 7) is 12.0. The SMILES string of the molecule is CCOC(=O)C(C)(NC(C)C)c1ccc(OC(C)C)cc1. The summed E-state index contributed by atoms with van der Waals surface area (Å²) >= 11 is 0. The lowest BCUT2D eigenvalue weighted by Crippen LogP contribution is -2.50. The molecule has 0 aliphatic heterocycles.